The van der Waals surface area contributed by atoms with Gasteiger partial charge in [0.2, 0.25) is 0 Å². The van der Waals surface area contributed by atoms with Gasteiger partial charge in [-0.2, -0.15) is 0 Å². The van der Waals surface area contributed by atoms with Crippen molar-refractivity contribution in [2.75, 3.05) is 11.4 Å². The van der Waals surface area contributed by atoms with Crippen LogP contribution in [0.25, 0.3) is 0 Å². The SMILES string of the molecule is O=CCN1C(=O)C(=O)c2ccccc21. The monoisotopic (exact) mass is 189 g/mol. The van der Waals surface area contributed by atoms with Crippen LogP contribution in [-0.2, 0) is 9.59 Å². The molecular weight excluding hydrogens is 182 g/mol. The van der Waals surface area contributed by atoms with E-state index in [0.717, 1.165) is 0 Å². The van der Waals surface area contributed by atoms with Crippen LogP contribution in [0.4, 0.5) is 5.69 Å². The molecule has 1 aliphatic rings. The molecule has 0 N–H and O–H groups in total. The molecule has 2 rings (SSSR count). The Morgan fingerprint density at radius 1 is 1.21 bits per heavy atom. The molecule has 4 nitrogen and oxygen atoms in total. The summed E-state index contributed by atoms with van der Waals surface area (Å²) in [7, 11) is 0. The molecule has 0 fully saturated rings. The van der Waals surface area contributed by atoms with E-state index in [2.05, 4.69) is 0 Å². The number of rotatable bonds is 2. The molecule has 0 saturated heterocycles. The fourth-order valence-electron chi connectivity index (χ4n) is 1.50. The number of amides is 1. The quantitative estimate of drug-likeness (QED) is 0.500. The van der Waals surface area contributed by atoms with Crippen molar-refractivity contribution < 1.29 is 14.4 Å². The molecule has 1 aromatic rings. The Labute approximate surface area is 80.1 Å². The molecule has 0 bridgehead atoms. The van der Waals surface area contributed by atoms with Crippen LogP contribution in [0, 0.1) is 0 Å². The molecule has 1 heterocycles. The molecule has 1 aliphatic heterocycles. The third-order valence-corrected chi connectivity index (χ3v) is 2.14. The number of aldehydes is 1. The average Bonchev–Trinajstić information content (AvgIpc) is 2.45. The smallest absolute Gasteiger partial charge is 0.299 e. The van der Waals surface area contributed by atoms with Crippen molar-refractivity contribution in [3.05, 3.63) is 29.8 Å². The lowest BCUT2D eigenvalue weighted by molar-refractivity contribution is -0.115. The van der Waals surface area contributed by atoms with Crippen molar-refractivity contribution in [1.82, 2.24) is 0 Å². The number of fused-ring (bicyclic) bond motifs is 1. The minimum atomic E-state index is -0.627. The van der Waals surface area contributed by atoms with Gasteiger partial charge in [-0.3, -0.25) is 14.5 Å². The van der Waals surface area contributed by atoms with Crippen molar-refractivity contribution in [3.63, 3.8) is 0 Å². The molecule has 0 unspecified atom stereocenters. The second-order valence-corrected chi connectivity index (χ2v) is 2.93. The first-order valence-electron chi connectivity index (χ1n) is 4.14. The average molecular weight is 189 g/mol. The Morgan fingerprint density at radius 3 is 2.64 bits per heavy atom. The molecule has 0 aliphatic carbocycles. The number of benzene rings is 1. The van der Waals surface area contributed by atoms with Gasteiger partial charge in [0.25, 0.3) is 11.7 Å². The van der Waals surface area contributed by atoms with Crippen LogP contribution in [0.3, 0.4) is 0 Å². The van der Waals surface area contributed by atoms with Gasteiger partial charge in [-0.15, -0.1) is 0 Å². The third kappa shape index (κ3) is 1.04. The summed E-state index contributed by atoms with van der Waals surface area (Å²) in [6.07, 6.45) is 0.604. The highest BCUT2D eigenvalue weighted by molar-refractivity contribution is 6.52. The molecule has 0 spiro atoms. The van der Waals surface area contributed by atoms with Gasteiger partial charge < -0.3 is 4.79 Å². The Balaban J connectivity index is 2.52. The topological polar surface area (TPSA) is 54.5 Å². The van der Waals surface area contributed by atoms with Crippen molar-refractivity contribution in [2.45, 2.75) is 0 Å². The zero-order chi connectivity index (χ0) is 10.1. The zero-order valence-corrected chi connectivity index (χ0v) is 7.27. The second-order valence-electron chi connectivity index (χ2n) is 2.93. The van der Waals surface area contributed by atoms with Gasteiger partial charge in [0.1, 0.15) is 6.29 Å². The summed E-state index contributed by atoms with van der Waals surface area (Å²) in [5, 5.41) is 0. The highest BCUT2D eigenvalue weighted by Crippen LogP contribution is 2.27. The summed E-state index contributed by atoms with van der Waals surface area (Å²) in [5.41, 5.74) is 0.897. The Hall–Kier alpha value is -1.97. The van der Waals surface area contributed by atoms with Crippen LogP contribution in [0.2, 0.25) is 0 Å². The van der Waals surface area contributed by atoms with Crippen molar-refractivity contribution in [1.29, 1.82) is 0 Å². The number of para-hydroxylation sites is 1. The number of carbonyl (C=O) groups excluding carboxylic acids is 3. The van der Waals surface area contributed by atoms with Gasteiger partial charge >= 0.3 is 0 Å². The van der Waals surface area contributed by atoms with E-state index < -0.39 is 11.7 Å². The van der Waals surface area contributed by atoms with E-state index in [0.29, 0.717) is 17.5 Å². The van der Waals surface area contributed by atoms with E-state index in [-0.39, 0.29) is 6.54 Å². The van der Waals surface area contributed by atoms with Crippen LogP contribution in [0.1, 0.15) is 10.4 Å². The third-order valence-electron chi connectivity index (χ3n) is 2.14. The molecular formula is C10H7NO3. The van der Waals surface area contributed by atoms with E-state index in [4.69, 9.17) is 0 Å². The van der Waals surface area contributed by atoms with Gasteiger partial charge in [0, 0.05) is 0 Å². The Morgan fingerprint density at radius 2 is 1.93 bits per heavy atom. The molecule has 0 radical (unpaired) electrons. The predicted octanol–water partition coefficient (Wildman–Crippen LogP) is 0.415. The minimum Gasteiger partial charge on any atom is -0.301 e. The first kappa shape index (κ1) is 8.62. The summed E-state index contributed by atoms with van der Waals surface area (Å²) in [5.74, 6) is -1.17. The van der Waals surface area contributed by atoms with Crippen molar-refractivity contribution in [2.24, 2.45) is 0 Å². The fraction of sp³-hybridized carbons (Fsp3) is 0.100. The first-order valence-corrected chi connectivity index (χ1v) is 4.14. The maximum Gasteiger partial charge on any atom is 0.299 e. The number of Topliss-reactive ketones (excluding diaryl/α,β-unsaturated/α-hetero) is 1. The standard InChI is InChI=1S/C10H7NO3/c12-6-5-11-8-4-2-1-3-7(8)9(13)10(11)14/h1-4,6H,5H2. The molecule has 1 aromatic carbocycles. The normalized spacial score (nSPS) is 14.4. The fourth-order valence-corrected chi connectivity index (χ4v) is 1.50. The number of anilines is 1. The number of hydrogen-bond donors (Lipinski definition) is 0. The lowest BCUT2D eigenvalue weighted by Crippen LogP contribution is -2.31. The number of nitrogens with zero attached hydrogens (tertiary/aromatic N) is 1. The summed E-state index contributed by atoms with van der Waals surface area (Å²) < 4.78 is 0. The second kappa shape index (κ2) is 3.06. The van der Waals surface area contributed by atoms with E-state index in [1.54, 1.807) is 24.3 Å². The molecule has 1 amide bonds. The lowest BCUT2D eigenvalue weighted by Gasteiger charge is -2.11. The van der Waals surface area contributed by atoms with Gasteiger partial charge in [-0.05, 0) is 12.1 Å². The van der Waals surface area contributed by atoms with Gasteiger partial charge in [-0.25, -0.2) is 0 Å². The number of ketones is 1. The van der Waals surface area contributed by atoms with E-state index >= 15 is 0 Å². The van der Waals surface area contributed by atoms with Crippen LogP contribution >= 0.6 is 0 Å². The van der Waals surface area contributed by atoms with Crippen LogP contribution in [-0.4, -0.2) is 24.5 Å². The summed E-state index contributed by atoms with van der Waals surface area (Å²) in [6.45, 7) is -0.0679. The van der Waals surface area contributed by atoms with Crippen molar-refractivity contribution in [3.8, 4) is 0 Å². The molecule has 14 heavy (non-hydrogen) atoms. The van der Waals surface area contributed by atoms with Gasteiger partial charge in [-0.1, -0.05) is 12.1 Å². The molecule has 70 valence electrons. The summed E-state index contributed by atoms with van der Waals surface area (Å²) in [4.78, 5) is 34.2. The van der Waals surface area contributed by atoms with Crippen LogP contribution in [0.5, 0.6) is 0 Å². The predicted molar refractivity (Wildman–Crippen MR) is 49.2 cm³/mol. The van der Waals surface area contributed by atoms with Crippen LogP contribution in [0.15, 0.2) is 24.3 Å². The number of carbonyl (C=O) groups is 3. The first-order chi connectivity index (χ1) is 6.75. The molecule has 0 saturated carbocycles. The minimum absolute atomic E-state index is 0.0679. The van der Waals surface area contributed by atoms with Gasteiger partial charge in [0.15, 0.2) is 0 Å². The van der Waals surface area contributed by atoms with E-state index in [9.17, 15) is 14.4 Å². The van der Waals surface area contributed by atoms with Crippen LogP contribution < -0.4 is 4.90 Å². The highest BCUT2D eigenvalue weighted by Gasteiger charge is 2.34. The van der Waals surface area contributed by atoms with E-state index in [1.807, 2.05) is 0 Å². The Kier molecular flexibility index (Phi) is 1.89. The summed E-state index contributed by atoms with van der Waals surface area (Å²) in [6, 6.07) is 6.65. The number of hydrogen-bond acceptors (Lipinski definition) is 3. The molecule has 4 heteroatoms. The lowest BCUT2D eigenvalue weighted by atomic mass is 10.1. The van der Waals surface area contributed by atoms with Crippen molar-refractivity contribution >= 4 is 23.7 Å². The maximum absolute atomic E-state index is 11.4. The Bertz CT molecular complexity index is 425. The summed E-state index contributed by atoms with van der Waals surface area (Å²) >= 11 is 0. The zero-order valence-electron chi connectivity index (χ0n) is 7.27. The largest absolute Gasteiger partial charge is 0.301 e. The molecule has 0 atom stereocenters. The highest BCUT2D eigenvalue weighted by atomic mass is 16.2. The molecule has 0 aromatic heterocycles. The maximum atomic E-state index is 11.4. The van der Waals surface area contributed by atoms with E-state index in [1.165, 1.54) is 4.90 Å². The van der Waals surface area contributed by atoms with Gasteiger partial charge in [0.05, 0.1) is 17.8 Å².